The number of nitrogens with one attached hydrogen (secondary N) is 3. The number of likely N-dealkylation sites (tertiary alicyclic amines) is 1. The molecular weight excluding hydrogens is 548 g/mol. The molecular formula is C27H34F4N6O4. The highest BCUT2D eigenvalue weighted by Crippen LogP contribution is 2.46. The van der Waals surface area contributed by atoms with Crippen molar-refractivity contribution in [2.75, 3.05) is 32.7 Å². The Balaban J connectivity index is 1.34. The summed E-state index contributed by atoms with van der Waals surface area (Å²) in [7, 11) is 0. The van der Waals surface area contributed by atoms with Gasteiger partial charge in [0.15, 0.2) is 0 Å². The molecule has 0 aromatic heterocycles. The summed E-state index contributed by atoms with van der Waals surface area (Å²) < 4.78 is 57.7. The number of fused-ring (bicyclic) bond motifs is 1. The fourth-order valence-corrected chi connectivity index (χ4v) is 7.33. The number of nitrogens with zero attached hydrogens (tertiary/aromatic N) is 3. The van der Waals surface area contributed by atoms with Crippen LogP contribution in [-0.2, 0) is 19.2 Å². The van der Waals surface area contributed by atoms with Gasteiger partial charge in [0, 0.05) is 61.7 Å². The van der Waals surface area contributed by atoms with Gasteiger partial charge in [-0.1, -0.05) is 0 Å². The predicted molar refractivity (Wildman–Crippen MR) is 135 cm³/mol. The molecule has 224 valence electrons. The zero-order valence-corrected chi connectivity index (χ0v) is 22.5. The first kappa shape index (κ1) is 29.3. The highest BCUT2D eigenvalue weighted by atomic mass is 19.4. The van der Waals surface area contributed by atoms with E-state index >= 15 is 0 Å². The standard InChI is InChI=1S/C27H34F4N6O4/c28-20-3-1-2-16-17(10-21(38)35-23(16)20)25(40)34-15-4-6-36(12-15)24-18(26(41)37-7-5-33-22(39)13-37)8-14(11-32)9-19(24)27(29,30)31/h10,14-16,18-20,23-24H,1-9,12-13H2,(H,33,39)(H,34,40)(H,35,38)/t14?,15-,16?,18?,19?,20?,23?,24?/m1/s1. The number of piperazine rings is 1. The van der Waals surface area contributed by atoms with Crippen molar-refractivity contribution in [2.24, 2.45) is 23.7 Å². The summed E-state index contributed by atoms with van der Waals surface area (Å²) in [5.41, 5.74) is 0.179. The van der Waals surface area contributed by atoms with Gasteiger partial charge < -0.3 is 20.9 Å². The van der Waals surface area contributed by atoms with Crippen LogP contribution >= 0.6 is 0 Å². The SMILES string of the molecule is N#CC1CC(C(=O)N2CCNC(=O)C2)C(N2CC[C@@H](NC(=O)C3=CC(=O)NC4C(F)CCCC34)C2)C(C(F)(F)F)C1. The van der Waals surface area contributed by atoms with E-state index < -0.39 is 84.2 Å². The topological polar surface area (TPSA) is 135 Å². The summed E-state index contributed by atoms with van der Waals surface area (Å²) in [6, 6.07) is -0.662. The molecule has 0 aromatic carbocycles. The number of hydrogen-bond acceptors (Lipinski definition) is 6. The van der Waals surface area contributed by atoms with Crippen molar-refractivity contribution in [1.82, 2.24) is 25.8 Å². The Morgan fingerprint density at radius 3 is 2.61 bits per heavy atom. The number of hydrogen-bond donors (Lipinski definition) is 3. The molecule has 10 nitrogen and oxygen atoms in total. The highest BCUT2D eigenvalue weighted by Gasteiger charge is 2.56. The van der Waals surface area contributed by atoms with Crippen LogP contribution in [0.1, 0.15) is 38.5 Å². The Hall–Kier alpha value is -3.21. The van der Waals surface area contributed by atoms with Gasteiger partial charge >= 0.3 is 6.18 Å². The quantitative estimate of drug-likeness (QED) is 0.420. The molecule has 41 heavy (non-hydrogen) atoms. The van der Waals surface area contributed by atoms with E-state index in [-0.39, 0.29) is 44.7 Å². The number of carbonyl (C=O) groups excluding carboxylic acids is 4. The van der Waals surface area contributed by atoms with Gasteiger partial charge in [0.25, 0.3) is 0 Å². The summed E-state index contributed by atoms with van der Waals surface area (Å²) in [5, 5.41) is 17.6. The van der Waals surface area contributed by atoms with E-state index in [0.29, 0.717) is 25.7 Å². The van der Waals surface area contributed by atoms with E-state index in [4.69, 9.17) is 0 Å². The molecule has 4 fully saturated rings. The van der Waals surface area contributed by atoms with Crippen molar-refractivity contribution in [1.29, 1.82) is 5.26 Å². The van der Waals surface area contributed by atoms with Crippen LogP contribution in [0.25, 0.3) is 0 Å². The Morgan fingerprint density at radius 1 is 1.12 bits per heavy atom. The minimum absolute atomic E-state index is 0.0454. The molecule has 3 heterocycles. The summed E-state index contributed by atoms with van der Waals surface area (Å²) in [6.07, 6.45) is -3.52. The molecule has 2 saturated heterocycles. The number of nitriles is 1. The molecule has 2 saturated carbocycles. The molecule has 7 unspecified atom stereocenters. The average molecular weight is 583 g/mol. The summed E-state index contributed by atoms with van der Waals surface area (Å²) in [5.74, 6) is -6.58. The molecule has 4 amide bonds. The lowest BCUT2D eigenvalue weighted by Crippen LogP contribution is -2.60. The predicted octanol–water partition coefficient (Wildman–Crippen LogP) is 0.795. The van der Waals surface area contributed by atoms with Gasteiger partial charge in [0.1, 0.15) is 6.17 Å². The molecule has 5 aliphatic rings. The molecule has 0 radical (unpaired) electrons. The van der Waals surface area contributed by atoms with Crippen LogP contribution in [0.2, 0.25) is 0 Å². The minimum atomic E-state index is -4.67. The molecule has 14 heteroatoms. The maximum Gasteiger partial charge on any atom is 0.393 e. The third kappa shape index (κ3) is 6.05. The van der Waals surface area contributed by atoms with Gasteiger partial charge in [-0.3, -0.25) is 24.1 Å². The van der Waals surface area contributed by atoms with Gasteiger partial charge in [-0.25, -0.2) is 4.39 Å². The first-order valence-corrected chi connectivity index (χ1v) is 14.2. The number of carbonyl (C=O) groups is 4. The first-order valence-electron chi connectivity index (χ1n) is 14.2. The highest BCUT2D eigenvalue weighted by molar-refractivity contribution is 6.03. The molecule has 0 aromatic rings. The molecule has 0 spiro atoms. The van der Waals surface area contributed by atoms with Crippen LogP contribution < -0.4 is 16.0 Å². The minimum Gasteiger partial charge on any atom is -0.353 e. The van der Waals surface area contributed by atoms with Crippen molar-refractivity contribution in [3.8, 4) is 6.07 Å². The second-order valence-electron chi connectivity index (χ2n) is 11.8. The fraction of sp³-hybridized carbons (Fsp3) is 0.741. The number of halogens is 4. The van der Waals surface area contributed by atoms with E-state index in [1.54, 1.807) is 4.90 Å². The van der Waals surface area contributed by atoms with Gasteiger partial charge in [-0.05, 0) is 38.5 Å². The maximum absolute atomic E-state index is 14.5. The van der Waals surface area contributed by atoms with E-state index in [1.165, 1.54) is 11.0 Å². The molecule has 5 rings (SSSR count). The summed E-state index contributed by atoms with van der Waals surface area (Å²) >= 11 is 0. The maximum atomic E-state index is 14.5. The Labute approximate surface area is 234 Å². The number of rotatable bonds is 4. The summed E-state index contributed by atoms with van der Waals surface area (Å²) in [6.45, 7) is 0.346. The average Bonchev–Trinajstić information content (AvgIpc) is 3.39. The lowest BCUT2D eigenvalue weighted by molar-refractivity contribution is -0.209. The second-order valence-corrected chi connectivity index (χ2v) is 11.8. The van der Waals surface area contributed by atoms with Crippen molar-refractivity contribution < 1.29 is 36.7 Å². The van der Waals surface area contributed by atoms with Gasteiger partial charge in [0.05, 0.1) is 30.5 Å². The summed E-state index contributed by atoms with van der Waals surface area (Å²) in [4.78, 5) is 53.7. The van der Waals surface area contributed by atoms with Gasteiger partial charge in [-0.15, -0.1) is 0 Å². The lowest BCUT2D eigenvalue weighted by Gasteiger charge is -2.46. The van der Waals surface area contributed by atoms with Crippen LogP contribution in [0.4, 0.5) is 17.6 Å². The van der Waals surface area contributed by atoms with Crippen LogP contribution in [0, 0.1) is 35.0 Å². The second kappa shape index (κ2) is 11.6. The van der Waals surface area contributed by atoms with Crippen molar-refractivity contribution in [2.45, 2.75) is 69.0 Å². The molecule has 2 aliphatic carbocycles. The fourth-order valence-electron chi connectivity index (χ4n) is 7.33. The number of amides is 4. The van der Waals surface area contributed by atoms with Gasteiger partial charge in [0.2, 0.25) is 23.6 Å². The Kier molecular flexibility index (Phi) is 8.27. The molecule has 0 bridgehead atoms. The molecule has 3 N–H and O–H groups in total. The lowest BCUT2D eigenvalue weighted by atomic mass is 9.70. The van der Waals surface area contributed by atoms with Gasteiger partial charge in [-0.2, -0.15) is 18.4 Å². The van der Waals surface area contributed by atoms with E-state index in [0.717, 1.165) is 0 Å². The molecule has 8 atom stereocenters. The zero-order chi connectivity index (χ0) is 29.5. The smallest absolute Gasteiger partial charge is 0.353 e. The van der Waals surface area contributed by atoms with Crippen LogP contribution in [0.3, 0.4) is 0 Å². The van der Waals surface area contributed by atoms with E-state index in [2.05, 4.69) is 16.0 Å². The first-order chi connectivity index (χ1) is 19.5. The molecule has 3 aliphatic heterocycles. The largest absolute Gasteiger partial charge is 0.393 e. The Morgan fingerprint density at radius 2 is 1.90 bits per heavy atom. The monoisotopic (exact) mass is 582 g/mol. The van der Waals surface area contributed by atoms with E-state index in [9.17, 15) is 42.0 Å². The van der Waals surface area contributed by atoms with Crippen molar-refractivity contribution in [3.63, 3.8) is 0 Å². The third-order valence-corrected chi connectivity index (χ3v) is 9.22. The van der Waals surface area contributed by atoms with Crippen LogP contribution in [0.5, 0.6) is 0 Å². The van der Waals surface area contributed by atoms with Crippen LogP contribution in [0.15, 0.2) is 11.6 Å². The third-order valence-electron chi connectivity index (χ3n) is 9.22. The number of alkyl halides is 4. The van der Waals surface area contributed by atoms with Crippen LogP contribution in [-0.4, -0.2) is 96.6 Å². The Bertz CT molecular complexity index is 1160. The normalized spacial score (nSPS) is 36.4. The van der Waals surface area contributed by atoms with Crippen molar-refractivity contribution >= 4 is 23.6 Å². The zero-order valence-electron chi connectivity index (χ0n) is 22.5. The van der Waals surface area contributed by atoms with Crippen molar-refractivity contribution in [3.05, 3.63) is 11.6 Å². The van der Waals surface area contributed by atoms with E-state index in [1.807, 2.05) is 6.07 Å².